The van der Waals surface area contributed by atoms with Gasteiger partial charge in [0, 0.05) is 45.9 Å². The molecule has 0 aromatic heterocycles. The van der Waals surface area contributed by atoms with Crippen LogP contribution in [0.15, 0.2) is 24.3 Å². The number of rotatable bonds is 5. The number of hydrogen-bond acceptors (Lipinski definition) is 4. The number of carbonyl (C=O) groups is 2. The molecule has 2 heterocycles. The first-order valence-electron chi connectivity index (χ1n) is 9.77. The van der Waals surface area contributed by atoms with Gasteiger partial charge >= 0.3 is 6.18 Å². The van der Waals surface area contributed by atoms with E-state index in [0.717, 1.165) is 25.0 Å². The molecule has 1 atom stereocenters. The van der Waals surface area contributed by atoms with Gasteiger partial charge in [-0.05, 0) is 24.5 Å². The molecule has 6 nitrogen and oxygen atoms in total. The Morgan fingerprint density at radius 2 is 2.03 bits per heavy atom. The van der Waals surface area contributed by atoms with Gasteiger partial charge in [0.2, 0.25) is 11.8 Å². The topological polar surface area (TPSA) is 61.9 Å². The lowest BCUT2D eigenvalue weighted by molar-refractivity contribution is -0.140. The lowest BCUT2D eigenvalue weighted by Crippen LogP contribution is -2.56. The van der Waals surface area contributed by atoms with E-state index in [0.29, 0.717) is 31.9 Å². The third-order valence-electron chi connectivity index (χ3n) is 5.58. The second-order valence-corrected chi connectivity index (χ2v) is 7.53. The number of carbonyl (C=O) groups excluding carboxylic acids is 2. The van der Waals surface area contributed by atoms with Crippen LogP contribution in [0.25, 0.3) is 0 Å². The number of benzene rings is 1. The van der Waals surface area contributed by atoms with Crippen molar-refractivity contribution in [3.8, 4) is 0 Å². The Hall–Kier alpha value is -2.13. The van der Waals surface area contributed by atoms with Crippen LogP contribution >= 0.6 is 0 Å². The molecule has 3 rings (SSSR count). The third-order valence-corrected chi connectivity index (χ3v) is 5.58. The van der Waals surface area contributed by atoms with Crippen molar-refractivity contribution in [3.63, 3.8) is 0 Å². The van der Waals surface area contributed by atoms with Crippen molar-refractivity contribution in [1.82, 2.24) is 15.1 Å². The summed E-state index contributed by atoms with van der Waals surface area (Å²) in [5.74, 6) is -0.412. The summed E-state index contributed by atoms with van der Waals surface area (Å²) in [6.07, 6.45) is -2.91. The molecule has 1 aromatic rings. The summed E-state index contributed by atoms with van der Waals surface area (Å²) >= 11 is 0. The fourth-order valence-electron chi connectivity index (χ4n) is 3.84. The number of ether oxygens (including phenoxy) is 1. The highest BCUT2D eigenvalue weighted by atomic mass is 19.4. The van der Waals surface area contributed by atoms with Gasteiger partial charge < -0.3 is 15.0 Å². The minimum Gasteiger partial charge on any atom is -0.381 e. The van der Waals surface area contributed by atoms with Crippen molar-refractivity contribution in [1.29, 1.82) is 0 Å². The molecule has 1 N–H and O–H groups in total. The Morgan fingerprint density at radius 1 is 1.31 bits per heavy atom. The van der Waals surface area contributed by atoms with Crippen molar-refractivity contribution in [2.24, 2.45) is 0 Å². The molecule has 0 radical (unpaired) electrons. The van der Waals surface area contributed by atoms with Gasteiger partial charge in [-0.15, -0.1) is 0 Å². The van der Waals surface area contributed by atoms with Gasteiger partial charge in [-0.3, -0.25) is 14.5 Å². The lowest BCUT2D eigenvalue weighted by atomic mass is 10.0. The van der Waals surface area contributed by atoms with Gasteiger partial charge in [0.15, 0.2) is 0 Å². The zero-order valence-corrected chi connectivity index (χ0v) is 16.4. The number of nitrogens with one attached hydrogen (secondary N) is 1. The Balaban J connectivity index is 1.69. The molecule has 29 heavy (non-hydrogen) atoms. The van der Waals surface area contributed by atoms with E-state index in [1.165, 1.54) is 6.07 Å². The molecule has 1 aromatic carbocycles. The second-order valence-electron chi connectivity index (χ2n) is 7.53. The summed E-state index contributed by atoms with van der Waals surface area (Å²) in [4.78, 5) is 28.7. The predicted molar refractivity (Wildman–Crippen MR) is 99.9 cm³/mol. The Bertz CT molecular complexity index is 735. The van der Waals surface area contributed by atoms with Crippen molar-refractivity contribution < 1.29 is 27.5 Å². The Kier molecular flexibility index (Phi) is 6.79. The molecule has 0 spiro atoms. The molecule has 0 bridgehead atoms. The van der Waals surface area contributed by atoms with Crippen LogP contribution in [-0.4, -0.2) is 67.0 Å². The first kappa shape index (κ1) is 21.6. The van der Waals surface area contributed by atoms with Gasteiger partial charge in [-0.2, -0.15) is 13.2 Å². The van der Waals surface area contributed by atoms with Gasteiger partial charge in [-0.25, -0.2) is 0 Å². The van der Waals surface area contributed by atoms with Gasteiger partial charge in [0.1, 0.15) is 0 Å². The molecule has 2 fully saturated rings. The average molecular weight is 413 g/mol. The van der Waals surface area contributed by atoms with Crippen molar-refractivity contribution in [3.05, 3.63) is 35.4 Å². The van der Waals surface area contributed by atoms with E-state index in [2.05, 4.69) is 5.32 Å². The molecule has 0 unspecified atom stereocenters. The van der Waals surface area contributed by atoms with Crippen molar-refractivity contribution in [2.45, 2.75) is 44.1 Å². The van der Waals surface area contributed by atoms with E-state index >= 15 is 0 Å². The predicted octanol–water partition coefficient (Wildman–Crippen LogP) is 2.03. The third kappa shape index (κ3) is 5.48. The second kappa shape index (κ2) is 9.13. The van der Waals surface area contributed by atoms with Crippen LogP contribution in [-0.2, 0) is 27.0 Å². The summed E-state index contributed by atoms with van der Waals surface area (Å²) in [7, 11) is 1.73. The number of piperazine rings is 1. The van der Waals surface area contributed by atoms with Crippen LogP contribution < -0.4 is 5.32 Å². The van der Waals surface area contributed by atoms with Crippen molar-refractivity contribution in [2.75, 3.05) is 33.4 Å². The first-order valence-corrected chi connectivity index (χ1v) is 9.77. The van der Waals surface area contributed by atoms with Gasteiger partial charge in [-0.1, -0.05) is 18.2 Å². The quantitative estimate of drug-likeness (QED) is 0.803. The summed E-state index contributed by atoms with van der Waals surface area (Å²) < 4.78 is 44.3. The fourth-order valence-corrected chi connectivity index (χ4v) is 3.84. The Morgan fingerprint density at radius 3 is 2.72 bits per heavy atom. The zero-order valence-electron chi connectivity index (χ0n) is 16.4. The molecule has 0 saturated carbocycles. The smallest absolute Gasteiger partial charge is 0.381 e. The van der Waals surface area contributed by atoms with Crippen LogP contribution in [0.5, 0.6) is 0 Å². The monoisotopic (exact) mass is 413 g/mol. The average Bonchev–Trinajstić information content (AvgIpc) is 2.70. The molecule has 0 aliphatic carbocycles. The van der Waals surface area contributed by atoms with Crippen LogP contribution in [0.4, 0.5) is 13.2 Å². The van der Waals surface area contributed by atoms with E-state index in [1.807, 2.05) is 0 Å². The SMILES string of the molecule is CN(C(=O)C[C@H]1C(=O)NCCN1Cc1cccc(C(F)(F)F)c1)C1CCOCC1. The standard InChI is InChI=1S/C20H26F3N3O3/c1-25(16-5-9-29-10-6-16)18(27)12-17-19(28)24-7-8-26(17)13-14-3-2-4-15(11-14)20(21,22)23/h2-4,11,16-17H,5-10,12-13H2,1H3,(H,24,28)/t17-/m0/s1. The molecule has 2 aliphatic rings. The van der Waals surface area contributed by atoms with E-state index < -0.39 is 17.8 Å². The molecule has 160 valence electrons. The number of nitrogens with zero attached hydrogens (tertiary/aromatic N) is 2. The fraction of sp³-hybridized carbons (Fsp3) is 0.600. The number of halogens is 3. The summed E-state index contributed by atoms with van der Waals surface area (Å²) in [6.45, 7) is 2.26. The first-order chi connectivity index (χ1) is 13.8. The van der Waals surface area contributed by atoms with Crippen molar-refractivity contribution >= 4 is 11.8 Å². The molecule has 9 heteroatoms. The largest absolute Gasteiger partial charge is 0.416 e. The molecule has 2 amide bonds. The van der Waals surface area contributed by atoms with Gasteiger partial charge in [0.05, 0.1) is 18.0 Å². The summed E-state index contributed by atoms with van der Waals surface area (Å²) in [5, 5.41) is 2.76. The maximum absolute atomic E-state index is 13.0. The highest BCUT2D eigenvalue weighted by Crippen LogP contribution is 2.30. The van der Waals surface area contributed by atoms with Crippen LogP contribution in [0.1, 0.15) is 30.4 Å². The maximum atomic E-state index is 13.0. The van der Waals surface area contributed by atoms with E-state index in [-0.39, 0.29) is 30.8 Å². The summed E-state index contributed by atoms with van der Waals surface area (Å²) in [6, 6.07) is 4.47. The molecule has 2 saturated heterocycles. The van der Waals surface area contributed by atoms with E-state index in [4.69, 9.17) is 4.74 Å². The molecule has 2 aliphatic heterocycles. The zero-order chi connectivity index (χ0) is 21.0. The van der Waals surface area contributed by atoms with E-state index in [1.54, 1.807) is 22.9 Å². The van der Waals surface area contributed by atoms with Crippen LogP contribution in [0.2, 0.25) is 0 Å². The number of alkyl halides is 3. The maximum Gasteiger partial charge on any atom is 0.416 e. The van der Waals surface area contributed by atoms with Crippen LogP contribution in [0.3, 0.4) is 0 Å². The minimum atomic E-state index is -4.42. The van der Waals surface area contributed by atoms with E-state index in [9.17, 15) is 22.8 Å². The highest BCUT2D eigenvalue weighted by Gasteiger charge is 2.35. The lowest BCUT2D eigenvalue weighted by Gasteiger charge is -2.37. The minimum absolute atomic E-state index is 0.00134. The summed E-state index contributed by atoms with van der Waals surface area (Å²) in [5.41, 5.74) is -0.256. The number of amides is 2. The molecular formula is C20H26F3N3O3. The van der Waals surface area contributed by atoms with Gasteiger partial charge in [0.25, 0.3) is 0 Å². The van der Waals surface area contributed by atoms with Crippen LogP contribution in [0, 0.1) is 0 Å². The normalized spacial score (nSPS) is 21.7. The Labute approximate surface area is 168 Å². The molecular weight excluding hydrogens is 387 g/mol. The highest BCUT2D eigenvalue weighted by molar-refractivity contribution is 5.88. The number of hydrogen-bond donors (Lipinski definition) is 1.